The lowest BCUT2D eigenvalue weighted by Gasteiger charge is -2.33. The van der Waals surface area contributed by atoms with Gasteiger partial charge in [-0.1, -0.05) is 53.7 Å². The average Bonchev–Trinajstić information content (AvgIpc) is 3.54. The second-order valence-electron chi connectivity index (χ2n) is 9.53. The number of halogens is 1. The van der Waals surface area contributed by atoms with E-state index in [2.05, 4.69) is 63.6 Å². The molecule has 8 heteroatoms. The van der Waals surface area contributed by atoms with Gasteiger partial charge < -0.3 is 19.3 Å². The van der Waals surface area contributed by atoms with Gasteiger partial charge in [0.15, 0.2) is 5.82 Å². The molecule has 3 heterocycles. The topological polar surface area (TPSA) is 71.6 Å². The maximum atomic E-state index is 10.7. The van der Waals surface area contributed by atoms with Crippen LogP contribution in [0.25, 0.3) is 31.6 Å². The van der Waals surface area contributed by atoms with Gasteiger partial charge in [-0.2, -0.15) is 4.98 Å². The van der Waals surface area contributed by atoms with Gasteiger partial charge >= 0.3 is 0 Å². The van der Waals surface area contributed by atoms with Crippen LogP contribution in [0.4, 0.5) is 0 Å². The molecule has 3 aromatic carbocycles. The Hall–Kier alpha value is -2.97. The van der Waals surface area contributed by atoms with Crippen molar-refractivity contribution in [2.45, 2.75) is 31.8 Å². The molecular formula is C29H30ClN3O3S. The zero-order valence-corrected chi connectivity index (χ0v) is 22.3. The Morgan fingerprint density at radius 2 is 1.84 bits per heavy atom. The maximum absolute atomic E-state index is 10.7. The normalized spacial score (nSPS) is 15.6. The molecule has 0 radical (unpaired) electrons. The highest BCUT2D eigenvalue weighted by atomic mass is 35.5. The quantitative estimate of drug-likeness (QED) is 0.258. The largest absolute Gasteiger partial charge is 0.490 e. The molecule has 192 valence electrons. The fraction of sp³-hybridized carbons (Fsp3) is 0.310. The Kier molecular flexibility index (Phi) is 7.76. The van der Waals surface area contributed by atoms with Crippen LogP contribution in [0, 0.1) is 6.92 Å². The van der Waals surface area contributed by atoms with Crippen molar-refractivity contribution in [1.29, 1.82) is 0 Å². The monoisotopic (exact) mass is 535 g/mol. The van der Waals surface area contributed by atoms with E-state index in [1.165, 1.54) is 16.3 Å². The second-order valence-corrected chi connectivity index (χ2v) is 10.6. The second kappa shape index (κ2) is 11.2. The molecule has 0 amide bonds. The number of thiophene rings is 1. The van der Waals surface area contributed by atoms with E-state index >= 15 is 0 Å². The first-order valence-corrected chi connectivity index (χ1v) is 13.3. The van der Waals surface area contributed by atoms with E-state index in [-0.39, 0.29) is 19.0 Å². The Bertz CT molecular complexity index is 1490. The van der Waals surface area contributed by atoms with Crippen LogP contribution in [0.3, 0.4) is 0 Å². The minimum Gasteiger partial charge on any atom is -0.490 e. The smallest absolute Gasteiger partial charge is 0.268 e. The Morgan fingerprint density at radius 3 is 2.65 bits per heavy atom. The number of fused-ring (bicyclic) bond motifs is 2. The number of hydrogen-bond acceptors (Lipinski definition) is 7. The van der Waals surface area contributed by atoms with Crippen molar-refractivity contribution in [2.24, 2.45) is 0 Å². The molecule has 0 saturated carbocycles. The van der Waals surface area contributed by atoms with Crippen LogP contribution in [0.2, 0.25) is 0 Å². The number of aliphatic hydroxyl groups is 1. The van der Waals surface area contributed by atoms with Crippen LogP contribution < -0.4 is 4.74 Å². The van der Waals surface area contributed by atoms with Crippen molar-refractivity contribution in [3.8, 4) is 16.5 Å². The number of rotatable bonds is 7. The van der Waals surface area contributed by atoms with Crippen LogP contribution in [0.5, 0.6) is 5.75 Å². The molecular weight excluding hydrogens is 506 g/mol. The summed E-state index contributed by atoms with van der Waals surface area (Å²) in [5.74, 6) is 2.46. The molecule has 37 heavy (non-hydrogen) atoms. The van der Waals surface area contributed by atoms with Gasteiger partial charge in [0.1, 0.15) is 18.5 Å². The predicted octanol–water partition coefficient (Wildman–Crippen LogP) is 6.45. The van der Waals surface area contributed by atoms with E-state index in [0.29, 0.717) is 24.2 Å². The van der Waals surface area contributed by atoms with Crippen LogP contribution in [-0.4, -0.2) is 52.5 Å². The van der Waals surface area contributed by atoms with E-state index in [0.717, 1.165) is 46.6 Å². The average molecular weight is 536 g/mol. The van der Waals surface area contributed by atoms with Crippen LogP contribution in [0.15, 0.2) is 71.3 Å². The van der Waals surface area contributed by atoms with Gasteiger partial charge in [-0.15, -0.1) is 23.7 Å². The predicted molar refractivity (Wildman–Crippen MR) is 151 cm³/mol. The number of aryl methyl sites for hydroxylation is 1. The summed E-state index contributed by atoms with van der Waals surface area (Å²) in [4.78, 5) is 7.60. The third-order valence-corrected chi connectivity index (χ3v) is 8.10. The molecule has 1 aliphatic heterocycles. The molecule has 6 rings (SSSR count). The molecule has 5 aromatic rings. The van der Waals surface area contributed by atoms with E-state index in [1.807, 2.05) is 25.1 Å². The SMILES string of the molecule is Cc1noc(-c2cc3c(OC[C@@H](O)CN4CCC(c5cccc6ccccc56)CC4)cccc3s2)n1.Cl. The molecule has 1 N–H and O–H groups in total. The summed E-state index contributed by atoms with van der Waals surface area (Å²) < 4.78 is 12.5. The van der Waals surface area contributed by atoms with Gasteiger partial charge in [0, 0.05) is 16.6 Å². The van der Waals surface area contributed by atoms with Gasteiger partial charge in [0.25, 0.3) is 5.89 Å². The van der Waals surface area contributed by atoms with Crippen molar-refractivity contribution in [1.82, 2.24) is 15.0 Å². The first-order valence-electron chi connectivity index (χ1n) is 12.5. The highest BCUT2D eigenvalue weighted by Crippen LogP contribution is 2.37. The van der Waals surface area contributed by atoms with Gasteiger partial charge in [0.05, 0.1) is 4.88 Å². The number of nitrogens with zero attached hydrogens (tertiary/aromatic N) is 3. The van der Waals surface area contributed by atoms with Crippen molar-refractivity contribution in [3.05, 3.63) is 78.1 Å². The molecule has 6 nitrogen and oxygen atoms in total. The molecule has 1 aliphatic rings. The summed E-state index contributed by atoms with van der Waals surface area (Å²) in [6, 6.07) is 23.3. The summed E-state index contributed by atoms with van der Waals surface area (Å²) >= 11 is 1.59. The van der Waals surface area contributed by atoms with E-state index in [9.17, 15) is 5.11 Å². The molecule has 2 aromatic heterocycles. The third-order valence-electron chi connectivity index (χ3n) is 7.01. The minimum absolute atomic E-state index is 0. The first kappa shape index (κ1) is 25.7. The fourth-order valence-corrected chi connectivity index (χ4v) is 6.23. The zero-order valence-electron chi connectivity index (χ0n) is 20.7. The van der Waals surface area contributed by atoms with Crippen LogP contribution in [-0.2, 0) is 0 Å². The lowest BCUT2D eigenvalue weighted by molar-refractivity contribution is 0.0600. The highest BCUT2D eigenvalue weighted by Gasteiger charge is 2.23. The molecule has 0 aliphatic carbocycles. The van der Waals surface area contributed by atoms with Gasteiger partial charge in [-0.05, 0) is 73.3 Å². The van der Waals surface area contributed by atoms with Crippen LogP contribution >= 0.6 is 23.7 Å². The fourth-order valence-electron chi connectivity index (χ4n) is 5.23. The Morgan fingerprint density at radius 1 is 1.05 bits per heavy atom. The molecule has 0 unspecified atom stereocenters. The summed E-state index contributed by atoms with van der Waals surface area (Å²) in [7, 11) is 0. The van der Waals surface area contributed by atoms with Crippen molar-refractivity contribution in [3.63, 3.8) is 0 Å². The summed E-state index contributed by atoms with van der Waals surface area (Å²) in [6.45, 7) is 4.65. The standard InChI is InChI=1S/C29H29N3O3S.ClH/c1-19-30-29(35-31-19)28-16-25-26(10-5-11-27(25)36-28)34-18-22(33)17-32-14-12-21(13-15-32)24-9-4-7-20-6-2-3-8-23(20)24;/h2-11,16,21-22,33H,12-15,17-18H2,1H3;1H/t22-;/m0./s1. The first-order chi connectivity index (χ1) is 17.6. The minimum atomic E-state index is -0.550. The van der Waals surface area contributed by atoms with E-state index in [1.54, 1.807) is 11.3 Å². The molecule has 1 fully saturated rings. The number of piperidine rings is 1. The maximum Gasteiger partial charge on any atom is 0.268 e. The van der Waals surface area contributed by atoms with Gasteiger partial charge in [-0.3, -0.25) is 0 Å². The lowest BCUT2D eigenvalue weighted by atomic mass is 9.86. The summed E-state index contributed by atoms with van der Waals surface area (Å²) in [5.41, 5.74) is 1.45. The number of aromatic nitrogens is 2. The molecule has 1 atom stereocenters. The third kappa shape index (κ3) is 5.50. The lowest BCUT2D eigenvalue weighted by Crippen LogP contribution is -2.40. The number of likely N-dealkylation sites (tertiary alicyclic amines) is 1. The summed E-state index contributed by atoms with van der Waals surface area (Å²) in [5, 5.41) is 18.3. The van der Waals surface area contributed by atoms with Gasteiger partial charge in [0.2, 0.25) is 0 Å². The summed E-state index contributed by atoms with van der Waals surface area (Å²) in [6.07, 6.45) is 1.66. The number of β-amino-alcohol motifs (C(OH)–C–C–N with tert-alkyl or cyclic N) is 1. The van der Waals surface area contributed by atoms with Gasteiger partial charge in [-0.25, -0.2) is 0 Å². The number of hydrogen-bond donors (Lipinski definition) is 1. The number of aliphatic hydroxyl groups excluding tert-OH is 1. The van der Waals surface area contributed by atoms with E-state index < -0.39 is 6.10 Å². The number of benzene rings is 3. The zero-order chi connectivity index (χ0) is 24.5. The Balaban J connectivity index is 0.00000280. The highest BCUT2D eigenvalue weighted by molar-refractivity contribution is 7.22. The van der Waals surface area contributed by atoms with Crippen molar-refractivity contribution >= 4 is 44.6 Å². The van der Waals surface area contributed by atoms with Crippen molar-refractivity contribution in [2.75, 3.05) is 26.2 Å². The molecule has 0 bridgehead atoms. The Labute approximate surface area is 226 Å². The van der Waals surface area contributed by atoms with Crippen LogP contribution in [0.1, 0.15) is 30.1 Å². The molecule has 1 saturated heterocycles. The van der Waals surface area contributed by atoms with E-state index in [4.69, 9.17) is 9.26 Å². The molecule has 0 spiro atoms. The van der Waals surface area contributed by atoms with Crippen molar-refractivity contribution < 1.29 is 14.4 Å². The number of ether oxygens (including phenoxy) is 1.